The first-order chi connectivity index (χ1) is 17.0. The number of pyridine rings is 1. The van der Waals surface area contributed by atoms with Gasteiger partial charge in [-0.05, 0) is 40.8 Å². The predicted molar refractivity (Wildman–Crippen MR) is 129 cm³/mol. The van der Waals surface area contributed by atoms with E-state index in [1.165, 1.54) is 6.20 Å². The molecule has 0 saturated heterocycles. The number of rotatable bonds is 6. The molecule has 2 aliphatic rings. The number of carbonyl (C=O) groups excluding carboxylic acids is 2. The number of carboxylic acid groups (broad SMARTS) is 1. The Labute approximate surface area is 201 Å². The Morgan fingerprint density at radius 1 is 0.943 bits per heavy atom. The van der Waals surface area contributed by atoms with E-state index in [1.54, 1.807) is 24.3 Å². The lowest BCUT2D eigenvalue weighted by Gasteiger charge is -2.16. The van der Waals surface area contributed by atoms with Crippen LogP contribution in [0.5, 0.6) is 0 Å². The van der Waals surface area contributed by atoms with Gasteiger partial charge in [0.05, 0.1) is 11.6 Å². The number of aromatic nitrogens is 1. The van der Waals surface area contributed by atoms with Crippen molar-refractivity contribution in [1.82, 2.24) is 10.3 Å². The fraction of sp³-hybridized carbons (Fsp3) is 0.185. The van der Waals surface area contributed by atoms with Crippen LogP contribution in [0.2, 0.25) is 0 Å². The van der Waals surface area contributed by atoms with Gasteiger partial charge in [-0.1, -0.05) is 60.7 Å². The highest BCUT2D eigenvalue weighted by Gasteiger charge is 2.30. The van der Waals surface area contributed by atoms with Crippen LogP contribution in [-0.4, -0.2) is 40.7 Å². The van der Waals surface area contributed by atoms with Crippen molar-refractivity contribution in [1.29, 1.82) is 0 Å². The lowest BCUT2D eigenvalue weighted by Crippen LogP contribution is -2.34. The third-order valence-electron chi connectivity index (χ3n) is 6.32. The van der Waals surface area contributed by atoms with E-state index in [0.29, 0.717) is 0 Å². The van der Waals surface area contributed by atoms with Crippen LogP contribution in [-0.2, 0) is 9.53 Å². The monoisotopic (exact) mass is 469 g/mol. The van der Waals surface area contributed by atoms with Gasteiger partial charge in [0.2, 0.25) is 0 Å². The molecule has 0 spiro atoms. The molecule has 35 heavy (non-hydrogen) atoms. The van der Waals surface area contributed by atoms with E-state index in [1.807, 2.05) is 36.4 Å². The summed E-state index contributed by atoms with van der Waals surface area (Å²) < 4.78 is 5.57. The molecule has 0 aliphatic heterocycles. The summed E-state index contributed by atoms with van der Waals surface area (Å²) in [4.78, 5) is 40.7. The van der Waals surface area contributed by atoms with E-state index < -0.39 is 29.9 Å². The van der Waals surface area contributed by atoms with Gasteiger partial charge in [0.25, 0.3) is 5.91 Å². The highest BCUT2D eigenvalue weighted by Crippen LogP contribution is 2.44. The summed E-state index contributed by atoms with van der Waals surface area (Å²) >= 11 is 0. The number of ether oxygens (including phenoxy) is 1. The van der Waals surface area contributed by atoms with Crippen molar-refractivity contribution in [3.63, 3.8) is 0 Å². The number of fused-ring (bicyclic) bond motifs is 3. The minimum atomic E-state index is -0.937. The van der Waals surface area contributed by atoms with Crippen molar-refractivity contribution in [3.8, 4) is 11.1 Å². The van der Waals surface area contributed by atoms with Crippen molar-refractivity contribution in [2.24, 2.45) is 5.92 Å². The van der Waals surface area contributed by atoms with Gasteiger partial charge in [-0.25, -0.2) is 9.78 Å². The molecule has 2 aliphatic carbocycles. The van der Waals surface area contributed by atoms with E-state index in [2.05, 4.69) is 27.8 Å². The van der Waals surface area contributed by atoms with E-state index in [4.69, 9.17) is 9.84 Å². The highest BCUT2D eigenvalue weighted by molar-refractivity contribution is 6.01. The van der Waals surface area contributed by atoms with Crippen molar-refractivity contribution in [2.75, 3.05) is 11.9 Å². The molecule has 2 unspecified atom stereocenters. The smallest absolute Gasteiger partial charge is 0.411 e. The third-order valence-corrected chi connectivity index (χ3v) is 6.32. The molecular weight excluding hydrogens is 446 g/mol. The van der Waals surface area contributed by atoms with Gasteiger partial charge in [0, 0.05) is 18.2 Å². The Hall–Kier alpha value is -4.46. The summed E-state index contributed by atoms with van der Waals surface area (Å²) in [6, 6.07) is 18.9. The van der Waals surface area contributed by atoms with Crippen LogP contribution in [0.4, 0.5) is 10.5 Å². The Bertz CT molecular complexity index is 1290. The van der Waals surface area contributed by atoms with E-state index in [0.717, 1.165) is 22.3 Å². The van der Waals surface area contributed by atoms with E-state index >= 15 is 0 Å². The minimum Gasteiger partial charge on any atom is -0.481 e. The van der Waals surface area contributed by atoms with Crippen LogP contribution in [0.3, 0.4) is 0 Å². The van der Waals surface area contributed by atoms with Crippen LogP contribution in [0.15, 0.2) is 79.0 Å². The van der Waals surface area contributed by atoms with Gasteiger partial charge in [-0.2, -0.15) is 0 Å². The van der Waals surface area contributed by atoms with Crippen LogP contribution < -0.4 is 10.6 Å². The van der Waals surface area contributed by atoms with Gasteiger partial charge >= 0.3 is 12.1 Å². The molecule has 2 atom stereocenters. The molecule has 0 saturated carbocycles. The summed E-state index contributed by atoms with van der Waals surface area (Å²) in [5.74, 6) is -2.17. The summed E-state index contributed by atoms with van der Waals surface area (Å²) in [5, 5.41) is 14.5. The molecule has 3 N–H and O–H groups in total. The van der Waals surface area contributed by atoms with Crippen molar-refractivity contribution < 1.29 is 24.2 Å². The number of nitrogens with zero attached hydrogens (tertiary/aromatic N) is 1. The Morgan fingerprint density at radius 3 is 2.29 bits per heavy atom. The van der Waals surface area contributed by atoms with E-state index in [9.17, 15) is 14.4 Å². The molecule has 3 aromatic rings. The van der Waals surface area contributed by atoms with Crippen LogP contribution >= 0.6 is 0 Å². The molecule has 176 valence electrons. The average molecular weight is 469 g/mol. The number of amides is 2. The molecule has 2 amide bonds. The third kappa shape index (κ3) is 4.50. The minimum absolute atomic E-state index is 0.0215. The first-order valence-electron chi connectivity index (χ1n) is 11.3. The molecule has 0 fully saturated rings. The van der Waals surface area contributed by atoms with Crippen molar-refractivity contribution in [2.45, 2.75) is 18.4 Å². The zero-order valence-electron chi connectivity index (χ0n) is 18.7. The summed E-state index contributed by atoms with van der Waals surface area (Å²) in [6.07, 6.45) is 4.23. The lowest BCUT2D eigenvalue weighted by molar-refractivity contribution is -0.140. The van der Waals surface area contributed by atoms with Gasteiger partial charge in [0.15, 0.2) is 5.69 Å². The van der Waals surface area contributed by atoms with Gasteiger partial charge < -0.3 is 15.2 Å². The second-order valence-corrected chi connectivity index (χ2v) is 8.50. The van der Waals surface area contributed by atoms with E-state index in [-0.39, 0.29) is 30.3 Å². The standard InChI is InChI=1S/C27H23N3O5/c31-25(29-17-12-11-16(14-17)26(32)33)24-23(10-5-13-28-24)30-27(34)35-15-22-20-8-3-1-6-18(20)19-7-2-4-9-21(19)22/h1-13,16-17,22H,14-15H2,(H,29,31)(H,30,34)(H,32,33). The van der Waals surface area contributed by atoms with Crippen molar-refractivity contribution in [3.05, 3.63) is 95.8 Å². The maximum atomic E-state index is 12.8. The number of carbonyl (C=O) groups is 3. The van der Waals surface area contributed by atoms with Crippen LogP contribution in [0.25, 0.3) is 11.1 Å². The number of anilines is 1. The van der Waals surface area contributed by atoms with Crippen molar-refractivity contribution >= 4 is 23.7 Å². The first-order valence-corrected chi connectivity index (χ1v) is 11.3. The topological polar surface area (TPSA) is 118 Å². The normalized spacial score (nSPS) is 17.9. The average Bonchev–Trinajstić information content (AvgIpc) is 3.46. The Balaban J connectivity index is 1.24. The highest BCUT2D eigenvalue weighted by atomic mass is 16.5. The molecule has 8 heteroatoms. The van der Waals surface area contributed by atoms with Crippen LogP contribution in [0, 0.1) is 5.92 Å². The molecule has 2 aromatic carbocycles. The number of benzene rings is 2. The number of aliphatic carboxylic acids is 1. The molecule has 5 rings (SSSR count). The zero-order valence-corrected chi connectivity index (χ0v) is 18.7. The second-order valence-electron chi connectivity index (χ2n) is 8.50. The fourth-order valence-electron chi connectivity index (χ4n) is 4.66. The van der Waals surface area contributed by atoms with Crippen LogP contribution in [0.1, 0.15) is 34.0 Å². The molecule has 0 radical (unpaired) electrons. The Kier molecular flexibility index (Phi) is 6.01. The van der Waals surface area contributed by atoms with Gasteiger partial charge in [-0.3, -0.25) is 14.9 Å². The largest absolute Gasteiger partial charge is 0.481 e. The van der Waals surface area contributed by atoms with Gasteiger partial charge in [0.1, 0.15) is 6.61 Å². The predicted octanol–water partition coefficient (Wildman–Crippen LogP) is 4.20. The molecule has 1 heterocycles. The number of carboxylic acids is 1. The fourth-order valence-corrected chi connectivity index (χ4v) is 4.66. The molecule has 8 nitrogen and oxygen atoms in total. The number of nitrogens with one attached hydrogen (secondary N) is 2. The quantitative estimate of drug-likeness (QED) is 0.466. The summed E-state index contributed by atoms with van der Waals surface area (Å²) in [7, 11) is 0. The maximum Gasteiger partial charge on any atom is 0.411 e. The summed E-state index contributed by atoms with van der Waals surface area (Å²) in [5.41, 5.74) is 4.70. The SMILES string of the molecule is O=C(Nc1cccnc1C(=O)NC1C=CC(C(=O)O)C1)OCC1c2ccccc2-c2ccccc21. The molecule has 0 bridgehead atoms. The summed E-state index contributed by atoms with van der Waals surface area (Å²) in [6.45, 7) is 0.144. The first kappa shape index (κ1) is 22.3. The number of hydrogen-bond acceptors (Lipinski definition) is 5. The van der Waals surface area contributed by atoms with Gasteiger partial charge in [-0.15, -0.1) is 0 Å². The number of hydrogen-bond donors (Lipinski definition) is 3. The lowest BCUT2D eigenvalue weighted by atomic mass is 9.98. The zero-order chi connectivity index (χ0) is 24.4. The second kappa shape index (κ2) is 9.42. The molecule has 1 aromatic heterocycles. The molecular formula is C27H23N3O5. The Morgan fingerprint density at radius 2 is 1.63 bits per heavy atom. The maximum absolute atomic E-state index is 12.8.